The molecule has 2 rings (SSSR count). The van der Waals surface area contributed by atoms with Gasteiger partial charge in [-0.1, -0.05) is 12.1 Å². The van der Waals surface area contributed by atoms with Gasteiger partial charge >= 0.3 is 6.09 Å². The van der Waals surface area contributed by atoms with Crippen molar-refractivity contribution in [2.75, 3.05) is 6.61 Å². The number of rotatable bonds is 3. The molecule has 4 heteroatoms. The molecule has 0 radical (unpaired) electrons. The summed E-state index contributed by atoms with van der Waals surface area (Å²) in [5, 5.41) is 2.73. The molecule has 1 heterocycles. The molecule has 1 unspecified atom stereocenters. The zero-order valence-electron chi connectivity index (χ0n) is 9.40. The first kappa shape index (κ1) is 10.8. The van der Waals surface area contributed by atoms with Crippen LogP contribution in [-0.2, 0) is 4.74 Å². The molecule has 1 aromatic carbocycles. The molecule has 16 heavy (non-hydrogen) atoms. The molecule has 1 N–H and O–H groups in total. The molecule has 1 aliphatic rings. The molecule has 0 saturated carbocycles. The lowest BCUT2D eigenvalue weighted by atomic mass is 10.1. The minimum absolute atomic E-state index is 0.0665. The summed E-state index contributed by atoms with van der Waals surface area (Å²) in [5.74, 6) is 0.814. The summed E-state index contributed by atoms with van der Waals surface area (Å²) >= 11 is 0. The highest BCUT2D eigenvalue weighted by atomic mass is 16.6. The first-order valence-electron chi connectivity index (χ1n) is 5.35. The van der Waals surface area contributed by atoms with Gasteiger partial charge in [-0.15, -0.1) is 0 Å². The van der Waals surface area contributed by atoms with Crippen LogP contribution in [0.25, 0.3) is 0 Å². The average molecular weight is 221 g/mol. The van der Waals surface area contributed by atoms with Crippen molar-refractivity contribution >= 4 is 6.09 Å². The van der Waals surface area contributed by atoms with Gasteiger partial charge < -0.3 is 14.8 Å². The van der Waals surface area contributed by atoms with E-state index in [1.807, 2.05) is 38.1 Å². The standard InChI is InChI=1S/C12H15NO3/c1-8(2)16-10-5-3-4-9(6-10)11-7-15-12(14)13-11/h3-6,8,11H,7H2,1-2H3,(H,13,14). The second-order valence-corrected chi connectivity index (χ2v) is 4.03. The lowest BCUT2D eigenvalue weighted by molar-refractivity contribution is 0.177. The zero-order chi connectivity index (χ0) is 11.5. The number of amides is 1. The van der Waals surface area contributed by atoms with Crippen LogP contribution in [0.2, 0.25) is 0 Å². The van der Waals surface area contributed by atoms with Crippen molar-refractivity contribution in [2.45, 2.75) is 26.0 Å². The van der Waals surface area contributed by atoms with E-state index >= 15 is 0 Å². The summed E-state index contributed by atoms with van der Waals surface area (Å²) in [6.45, 7) is 4.34. The highest BCUT2D eigenvalue weighted by Crippen LogP contribution is 2.22. The maximum Gasteiger partial charge on any atom is 0.407 e. The minimum atomic E-state index is -0.361. The van der Waals surface area contributed by atoms with Gasteiger partial charge in [-0.3, -0.25) is 0 Å². The predicted molar refractivity (Wildman–Crippen MR) is 59.4 cm³/mol. The maximum atomic E-state index is 10.9. The van der Waals surface area contributed by atoms with Crippen molar-refractivity contribution in [3.63, 3.8) is 0 Å². The fraction of sp³-hybridized carbons (Fsp3) is 0.417. The predicted octanol–water partition coefficient (Wildman–Crippen LogP) is 2.25. The first-order valence-corrected chi connectivity index (χ1v) is 5.35. The fourth-order valence-electron chi connectivity index (χ4n) is 1.64. The largest absolute Gasteiger partial charge is 0.491 e. The number of carbonyl (C=O) groups excluding carboxylic acids is 1. The Morgan fingerprint density at radius 1 is 1.50 bits per heavy atom. The zero-order valence-corrected chi connectivity index (χ0v) is 9.40. The van der Waals surface area contributed by atoms with Gasteiger partial charge in [0.2, 0.25) is 0 Å². The van der Waals surface area contributed by atoms with Crippen LogP contribution in [0, 0.1) is 0 Å². The number of alkyl carbamates (subject to hydrolysis) is 1. The van der Waals surface area contributed by atoms with Crippen molar-refractivity contribution < 1.29 is 14.3 Å². The quantitative estimate of drug-likeness (QED) is 0.851. The van der Waals surface area contributed by atoms with E-state index in [4.69, 9.17) is 9.47 Å². The van der Waals surface area contributed by atoms with Crippen molar-refractivity contribution in [2.24, 2.45) is 0 Å². The van der Waals surface area contributed by atoms with Crippen LogP contribution >= 0.6 is 0 Å². The number of benzene rings is 1. The van der Waals surface area contributed by atoms with Crippen LogP contribution in [0.1, 0.15) is 25.5 Å². The first-order chi connectivity index (χ1) is 7.65. The molecular weight excluding hydrogens is 206 g/mol. The Kier molecular flexibility index (Phi) is 2.99. The molecule has 1 atom stereocenters. The molecule has 1 fully saturated rings. The number of carbonyl (C=O) groups is 1. The van der Waals surface area contributed by atoms with Crippen molar-refractivity contribution in [1.29, 1.82) is 0 Å². The van der Waals surface area contributed by atoms with Gasteiger partial charge in [0.15, 0.2) is 0 Å². The number of nitrogens with one attached hydrogen (secondary N) is 1. The molecule has 0 spiro atoms. The summed E-state index contributed by atoms with van der Waals surface area (Å²) in [6, 6.07) is 7.63. The van der Waals surface area contributed by atoms with E-state index < -0.39 is 0 Å². The third-order valence-electron chi connectivity index (χ3n) is 2.31. The Morgan fingerprint density at radius 3 is 2.94 bits per heavy atom. The molecule has 1 amide bonds. The lowest BCUT2D eigenvalue weighted by Crippen LogP contribution is -2.18. The smallest absolute Gasteiger partial charge is 0.407 e. The Morgan fingerprint density at radius 2 is 2.31 bits per heavy atom. The summed E-state index contributed by atoms with van der Waals surface area (Å²) < 4.78 is 10.4. The lowest BCUT2D eigenvalue weighted by Gasteiger charge is -2.12. The summed E-state index contributed by atoms with van der Waals surface area (Å²) in [6.07, 6.45) is -0.218. The van der Waals surface area contributed by atoms with Gasteiger partial charge in [0.1, 0.15) is 12.4 Å². The molecule has 4 nitrogen and oxygen atoms in total. The van der Waals surface area contributed by atoms with Crippen LogP contribution in [0.5, 0.6) is 5.75 Å². The third kappa shape index (κ3) is 2.45. The van der Waals surface area contributed by atoms with Crippen LogP contribution in [0.15, 0.2) is 24.3 Å². The summed E-state index contributed by atoms with van der Waals surface area (Å²) in [4.78, 5) is 10.9. The SMILES string of the molecule is CC(C)Oc1cccc(C2COC(=O)N2)c1. The van der Waals surface area contributed by atoms with Gasteiger partial charge in [-0.05, 0) is 31.5 Å². The average Bonchev–Trinajstić information content (AvgIpc) is 2.64. The monoisotopic (exact) mass is 221 g/mol. The highest BCUT2D eigenvalue weighted by Gasteiger charge is 2.23. The minimum Gasteiger partial charge on any atom is -0.491 e. The number of cyclic esters (lactones) is 1. The molecular formula is C12H15NO3. The molecule has 1 aromatic rings. The van der Waals surface area contributed by atoms with Crippen LogP contribution in [0.3, 0.4) is 0 Å². The van der Waals surface area contributed by atoms with E-state index in [2.05, 4.69) is 5.32 Å². The second kappa shape index (κ2) is 4.43. The fourth-order valence-corrected chi connectivity index (χ4v) is 1.64. The van der Waals surface area contributed by atoms with Crippen LogP contribution < -0.4 is 10.1 Å². The summed E-state index contributed by atoms with van der Waals surface area (Å²) in [5.41, 5.74) is 1.00. The Hall–Kier alpha value is -1.71. The van der Waals surface area contributed by atoms with E-state index in [1.54, 1.807) is 0 Å². The van der Waals surface area contributed by atoms with E-state index in [-0.39, 0.29) is 18.2 Å². The molecule has 0 bridgehead atoms. The Bertz CT molecular complexity index is 390. The Balaban J connectivity index is 2.12. The van der Waals surface area contributed by atoms with Gasteiger partial charge in [0, 0.05) is 0 Å². The molecule has 86 valence electrons. The van der Waals surface area contributed by atoms with Crippen LogP contribution in [-0.4, -0.2) is 18.8 Å². The summed E-state index contributed by atoms with van der Waals surface area (Å²) in [7, 11) is 0. The van der Waals surface area contributed by atoms with E-state index in [9.17, 15) is 4.79 Å². The number of hydrogen-bond donors (Lipinski definition) is 1. The van der Waals surface area contributed by atoms with E-state index in [1.165, 1.54) is 0 Å². The van der Waals surface area contributed by atoms with Gasteiger partial charge in [0.25, 0.3) is 0 Å². The molecule has 0 aliphatic carbocycles. The number of ether oxygens (including phenoxy) is 2. The van der Waals surface area contributed by atoms with Crippen molar-refractivity contribution in [3.05, 3.63) is 29.8 Å². The Labute approximate surface area is 94.6 Å². The molecule has 1 aliphatic heterocycles. The normalized spacial score (nSPS) is 19.4. The topological polar surface area (TPSA) is 47.6 Å². The molecule has 1 saturated heterocycles. The number of hydrogen-bond acceptors (Lipinski definition) is 3. The molecule has 0 aromatic heterocycles. The second-order valence-electron chi connectivity index (χ2n) is 4.03. The van der Waals surface area contributed by atoms with E-state index in [0.717, 1.165) is 11.3 Å². The van der Waals surface area contributed by atoms with Crippen molar-refractivity contribution in [1.82, 2.24) is 5.32 Å². The van der Waals surface area contributed by atoms with Gasteiger partial charge in [0.05, 0.1) is 12.1 Å². The highest BCUT2D eigenvalue weighted by molar-refractivity contribution is 5.70. The van der Waals surface area contributed by atoms with Crippen LogP contribution in [0.4, 0.5) is 4.79 Å². The third-order valence-corrected chi connectivity index (χ3v) is 2.31. The van der Waals surface area contributed by atoms with Gasteiger partial charge in [-0.2, -0.15) is 0 Å². The van der Waals surface area contributed by atoms with Crippen molar-refractivity contribution in [3.8, 4) is 5.75 Å². The maximum absolute atomic E-state index is 10.9. The van der Waals surface area contributed by atoms with Gasteiger partial charge in [-0.25, -0.2) is 4.79 Å². The van der Waals surface area contributed by atoms with E-state index in [0.29, 0.717) is 6.61 Å².